The Bertz CT molecular complexity index is 1120. The smallest absolute Gasteiger partial charge is 0.254 e. The molecule has 2 aromatic carbocycles. The van der Waals surface area contributed by atoms with Gasteiger partial charge >= 0.3 is 0 Å². The van der Waals surface area contributed by atoms with Gasteiger partial charge in [-0.2, -0.15) is 0 Å². The summed E-state index contributed by atoms with van der Waals surface area (Å²) in [4.78, 5) is 19.0. The van der Waals surface area contributed by atoms with Crippen molar-refractivity contribution in [2.24, 2.45) is 0 Å². The van der Waals surface area contributed by atoms with Gasteiger partial charge in [-0.15, -0.1) is 11.3 Å². The summed E-state index contributed by atoms with van der Waals surface area (Å²) in [5, 5.41) is 0.828. The summed E-state index contributed by atoms with van der Waals surface area (Å²) < 4.78 is 34.4. The molecule has 0 saturated carbocycles. The molecule has 1 amide bonds. The average Bonchev–Trinajstić information content (AvgIpc) is 3.41. The first kappa shape index (κ1) is 20.9. The summed E-state index contributed by atoms with van der Waals surface area (Å²) in [6.07, 6.45) is 1.69. The average molecular weight is 446 g/mol. The molecule has 4 rings (SSSR count). The van der Waals surface area contributed by atoms with Crippen molar-refractivity contribution in [2.75, 3.05) is 20.2 Å². The molecule has 7 nitrogen and oxygen atoms in total. The van der Waals surface area contributed by atoms with Crippen molar-refractivity contribution in [1.82, 2.24) is 14.6 Å². The molecule has 1 saturated heterocycles. The van der Waals surface area contributed by atoms with Crippen molar-refractivity contribution in [2.45, 2.75) is 30.4 Å². The van der Waals surface area contributed by atoms with Crippen LogP contribution in [0.25, 0.3) is 10.2 Å². The molecule has 1 fully saturated rings. The van der Waals surface area contributed by atoms with Gasteiger partial charge in [0.25, 0.3) is 5.91 Å². The molecule has 0 bridgehead atoms. The maximum absolute atomic E-state index is 12.9. The molecule has 2 heterocycles. The van der Waals surface area contributed by atoms with Crippen molar-refractivity contribution < 1.29 is 17.9 Å². The van der Waals surface area contributed by atoms with Crippen LogP contribution in [0.5, 0.6) is 0 Å². The number of amides is 1. The van der Waals surface area contributed by atoms with E-state index in [0.29, 0.717) is 18.7 Å². The van der Waals surface area contributed by atoms with Crippen molar-refractivity contribution >= 4 is 37.5 Å². The SMILES string of the molecule is CN(Cc1nc2ccccc2s1)C(=O)c1cccc(S(=O)(=O)NCC2CCCO2)c1. The third-order valence-electron chi connectivity index (χ3n) is 4.97. The van der Waals surface area contributed by atoms with Gasteiger partial charge in [-0.3, -0.25) is 4.79 Å². The Morgan fingerprint density at radius 2 is 2.10 bits per heavy atom. The lowest BCUT2D eigenvalue weighted by molar-refractivity contribution is 0.0784. The zero-order chi connectivity index (χ0) is 21.1. The molecule has 1 atom stereocenters. The van der Waals surface area contributed by atoms with Gasteiger partial charge < -0.3 is 9.64 Å². The van der Waals surface area contributed by atoms with Crippen LogP contribution in [-0.4, -0.2) is 50.5 Å². The number of benzene rings is 2. The van der Waals surface area contributed by atoms with Crippen molar-refractivity contribution in [1.29, 1.82) is 0 Å². The molecule has 1 aromatic heterocycles. The fourth-order valence-corrected chi connectivity index (χ4v) is 5.50. The fraction of sp³-hybridized carbons (Fsp3) is 0.333. The van der Waals surface area contributed by atoms with Gasteiger partial charge in [0.15, 0.2) is 0 Å². The lowest BCUT2D eigenvalue weighted by atomic mass is 10.2. The Labute approximate surface area is 179 Å². The number of fused-ring (bicyclic) bond motifs is 1. The number of rotatable bonds is 7. The third kappa shape index (κ3) is 4.70. The normalized spacial score (nSPS) is 16.8. The monoisotopic (exact) mass is 445 g/mol. The van der Waals surface area contributed by atoms with Gasteiger partial charge in [0.1, 0.15) is 5.01 Å². The van der Waals surface area contributed by atoms with E-state index in [1.54, 1.807) is 35.4 Å². The summed E-state index contributed by atoms with van der Waals surface area (Å²) in [5.74, 6) is -0.259. The van der Waals surface area contributed by atoms with Gasteiger partial charge in [0, 0.05) is 25.8 Å². The Kier molecular flexibility index (Phi) is 6.14. The molecule has 1 N–H and O–H groups in total. The number of nitrogens with zero attached hydrogens (tertiary/aromatic N) is 2. The first-order chi connectivity index (χ1) is 14.4. The highest BCUT2D eigenvalue weighted by Gasteiger charge is 2.22. The lowest BCUT2D eigenvalue weighted by Gasteiger charge is -2.16. The van der Waals surface area contributed by atoms with Gasteiger partial charge in [0.05, 0.1) is 27.8 Å². The summed E-state index contributed by atoms with van der Waals surface area (Å²) in [5.41, 5.74) is 1.22. The first-order valence-electron chi connectivity index (χ1n) is 9.73. The summed E-state index contributed by atoms with van der Waals surface area (Å²) in [6, 6.07) is 13.9. The van der Waals surface area contributed by atoms with Crippen LogP contribution < -0.4 is 4.72 Å². The minimum absolute atomic E-state index is 0.0692. The number of carbonyl (C=O) groups is 1. The van der Waals surface area contributed by atoms with Crippen LogP contribution in [0, 0.1) is 0 Å². The third-order valence-corrected chi connectivity index (χ3v) is 7.42. The van der Waals surface area contributed by atoms with Gasteiger partial charge in [-0.05, 0) is 43.2 Å². The number of hydrogen-bond acceptors (Lipinski definition) is 6. The first-order valence-corrected chi connectivity index (χ1v) is 12.0. The second-order valence-corrected chi connectivity index (χ2v) is 10.1. The number of thiazole rings is 1. The molecule has 0 aliphatic carbocycles. The Morgan fingerprint density at radius 3 is 2.87 bits per heavy atom. The quantitative estimate of drug-likeness (QED) is 0.604. The van der Waals surface area contributed by atoms with E-state index in [1.165, 1.54) is 12.1 Å². The largest absolute Gasteiger partial charge is 0.377 e. The summed E-state index contributed by atoms with van der Waals surface area (Å²) in [6.45, 7) is 1.25. The molecule has 0 radical (unpaired) electrons. The van der Waals surface area contributed by atoms with E-state index in [1.807, 2.05) is 24.3 Å². The molecule has 3 aromatic rings. The molecule has 0 spiro atoms. The second-order valence-electron chi connectivity index (χ2n) is 7.25. The maximum atomic E-state index is 12.9. The summed E-state index contributed by atoms with van der Waals surface area (Å²) >= 11 is 1.54. The van der Waals surface area contributed by atoms with Gasteiger partial charge in [0.2, 0.25) is 10.0 Å². The molecule has 9 heteroatoms. The van der Waals surface area contributed by atoms with E-state index in [0.717, 1.165) is 28.1 Å². The number of ether oxygens (including phenoxy) is 1. The minimum Gasteiger partial charge on any atom is -0.377 e. The van der Waals surface area contributed by atoms with E-state index < -0.39 is 10.0 Å². The van der Waals surface area contributed by atoms with Crippen LogP contribution in [0.15, 0.2) is 53.4 Å². The molecule has 1 aliphatic heterocycles. The van der Waals surface area contributed by atoms with Crippen LogP contribution in [0.3, 0.4) is 0 Å². The van der Waals surface area contributed by atoms with Crippen molar-refractivity contribution in [3.8, 4) is 0 Å². The number of carbonyl (C=O) groups excluding carboxylic acids is 1. The van der Waals surface area contributed by atoms with Crippen LogP contribution in [0.2, 0.25) is 0 Å². The lowest BCUT2D eigenvalue weighted by Crippen LogP contribution is -2.32. The topological polar surface area (TPSA) is 88.6 Å². The zero-order valence-corrected chi connectivity index (χ0v) is 18.2. The van der Waals surface area contributed by atoms with E-state index in [-0.39, 0.29) is 23.5 Å². The zero-order valence-electron chi connectivity index (χ0n) is 16.6. The van der Waals surface area contributed by atoms with E-state index in [2.05, 4.69) is 9.71 Å². The van der Waals surface area contributed by atoms with Crippen LogP contribution >= 0.6 is 11.3 Å². The number of nitrogens with one attached hydrogen (secondary N) is 1. The predicted molar refractivity (Wildman–Crippen MR) is 116 cm³/mol. The molecule has 1 unspecified atom stereocenters. The molecule has 1 aliphatic rings. The highest BCUT2D eigenvalue weighted by molar-refractivity contribution is 7.89. The number of sulfonamides is 1. The number of para-hydroxylation sites is 1. The van der Waals surface area contributed by atoms with Crippen LogP contribution in [0.1, 0.15) is 28.2 Å². The molecule has 158 valence electrons. The molecular weight excluding hydrogens is 422 g/mol. The fourth-order valence-electron chi connectivity index (χ4n) is 3.37. The number of aromatic nitrogens is 1. The summed E-state index contributed by atoms with van der Waals surface area (Å²) in [7, 11) is -2.03. The van der Waals surface area contributed by atoms with Crippen LogP contribution in [0.4, 0.5) is 0 Å². The molecular formula is C21H23N3O4S2. The van der Waals surface area contributed by atoms with E-state index in [9.17, 15) is 13.2 Å². The van der Waals surface area contributed by atoms with Gasteiger partial charge in [-0.1, -0.05) is 18.2 Å². The van der Waals surface area contributed by atoms with Crippen molar-refractivity contribution in [3.05, 3.63) is 59.1 Å². The molecule has 30 heavy (non-hydrogen) atoms. The Morgan fingerprint density at radius 1 is 1.27 bits per heavy atom. The van der Waals surface area contributed by atoms with Gasteiger partial charge in [-0.25, -0.2) is 18.1 Å². The highest BCUT2D eigenvalue weighted by atomic mass is 32.2. The Hall–Kier alpha value is -2.33. The highest BCUT2D eigenvalue weighted by Crippen LogP contribution is 2.23. The van der Waals surface area contributed by atoms with Crippen molar-refractivity contribution in [3.63, 3.8) is 0 Å². The standard InChI is InChI=1S/C21H23N3O4S2/c1-24(14-20-23-18-9-2-3-10-19(18)29-20)21(25)15-6-4-8-17(12-15)30(26,27)22-13-16-7-5-11-28-16/h2-4,6,8-10,12,16,22H,5,7,11,13-14H2,1H3. The maximum Gasteiger partial charge on any atom is 0.254 e. The van der Waals surface area contributed by atoms with Crippen LogP contribution in [-0.2, 0) is 21.3 Å². The second kappa shape index (κ2) is 8.81. The minimum atomic E-state index is -3.72. The van der Waals surface area contributed by atoms with E-state index in [4.69, 9.17) is 4.74 Å². The number of hydrogen-bond donors (Lipinski definition) is 1. The van der Waals surface area contributed by atoms with E-state index >= 15 is 0 Å². The Balaban J connectivity index is 1.45. The predicted octanol–water partition coefficient (Wildman–Crippen LogP) is 3.03.